The number of amides is 1. The number of aromatic nitrogens is 2. The molecular formula is C25H25ClN4O2S. The van der Waals surface area contributed by atoms with Crippen LogP contribution in [0.3, 0.4) is 0 Å². The van der Waals surface area contributed by atoms with Gasteiger partial charge in [0.15, 0.2) is 0 Å². The molecule has 3 heterocycles. The van der Waals surface area contributed by atoms with E-state index in [1.165, 1.54) is 20.5 Å². The van der Waals surface area contributed by atoms with Gasteiger partial charge in [-0.2, -0.15) is 5.10 Å². The van der Waals surface area contributed by atoms with Crippen molar-refractivity contribution in [3.63, 3.8) is 0 Å². The van der Waals surface area contributed by atoms with E-state index in [0.717, 1.165) is 34.9 Å². The Hall–Kier alpha value is -3.00. The lowest BCUT2D eigenvalue weighted by Crippen LogP contribution is -2.25. The fourth-order valence-electron chi connectivity index (χ4n) is 4.32. The number of hydrogen-bond donors (Lipinski definition) is 2. The number of halogens is 1. The summed E-state index contributed by atoms with van der Waals surface area (Å²) in [5.74, 6) is -0.0794. The van der Waals surface area contributed by atoms with Crippen LogP contribution in [0, 0.1) is 17.5 Å². The number of nitrogens with zero attached hydrogens (tertiary/aromatic N) is 2. The third-order valence-corrected chi connectivity index (χ3v) is 7.39. The number of likely N-dealkylation sites (N-methyl/N-ethyl adjacent to an activating group) is 1. The summed E-state index contributed by atoms with van der Waals surface area (Å²) in [6.07, 6.45) is 5.70. The molecule has 1 aromatic heterocycles. The average Bonchev–Trinajstić information content (AvgIpc) is 3.15. The van der Waals surface area contributed by atoms with Crippen LogP contribution in [0.4, 0.5) is 0 Å². The standard InChI is InChI=1S/C25H24N4O2S.ClH/c1-15-17-5-3-4-6-21(17)32-22(15)14-29(2)23(30)8-7-16-11-19-20-13-26-10-9-18(20)25(31)24(19)28-27-12-16;/h3-8,11-12,26,28H,9-10,13-14H2,1-2H3;1H/b8-7+;. The lowest BCUT2D eigenvalue weighted by molar-refractivity contribution is -0.125. The molecule has 170 valence electrons. The normalized spacial score (nSPS) is 13.3. The number of rotatable bonds is 4. The summed E-state index contributed by atoms with van der Waals surface area (Å²) in [4.78, 5) is 28.4. The second-order valence-electron chi connectivity index (χ2n) is 8.19. The van der Waals surface area contributed by atoms with Crippen molar-refractivity contribution in [3.05, 3.63) is 90.5 Å². The number of carbonyl (C=O) groups excluding carboxylic acids is 1. The summed E-state index contributed by atoms with van der Waals surface area (Å²) in [6, 6.07) is 10.3. The molecule has 0 atom stereocenters. The molecular weight excluding hydrogens is 456 g/mol. The Morgan fingerprint density at radius 1 is 1.27 bits per heavy atom. The molecule has 0 bridgehead atoms. The van der Waals surface area contributed by atoms with Gasteiger partial charge in [0, 0.05) is 40.0 Å². The van der Waals surface area contributed by atoms with E-state index >= 15 is 0 Å². The third-order valence-electron chi connectivity index (χ3n) is 6.13. The molecule has 2 N–H and O–H groups in total. The SMILES string of the molecule is Cc1c(CN(C)C(=O)/C=C/c2cn[nH]c3c(=O)c4c(c=3c2)CNCC4)sc2ccccc12.Cl. The van der Waals surface area contributed by atoms with E-state index in [1.54, 1.807) is 34.6 Å². The predicted octanol–water partition coefficient (Wildman–Crippen LogP) is 3.76. The van der Waals surface area contributed by atoms with E-state index in [0.29, 0.717) is 18.4 Å². The van der Waals surface area contributed by atoms with Crippen molar-refractivity contribution in [2.75, 3.05) is 13.6 Å². The minimum Gasteiger partial charge on any atom is -0.337 e. The molecule has 0 radical (unpaired) electrons. The van der Waals surface area contributed by atoms with Gasteiger partial charge in [-0.3, -0.25) is 14.7 Å². The highest BCUT2D eigenvalue weighted by molar-refractivity contribution is 7.19. The van der Waals surface area contributed by atoms with E-state index in [9.17, 15) is 9.59 Å². The van der Waals surface area contributed by atoms with Crippen molar-refractivity contribution < 1.29 is 4.79 Å². The van der Waals surface area contributed by atoms with Crippen molar-refractivity contribution in [1.29, 1.82) is 0 Å². The van der Waals surface area contributed by atoms with E-state index < -0.39 is 0 Å². The molecule has 1 aliphatic carbocycles. The highest BCUT2D eigenvalue weighted by Gasteiger charge is 2.17. The monoisotopic (exact) mass is 480 g/mol. The van der Waals surface area contributed by atoms with Gasteiger partial charge in [-0.05, 0) is 60.2 Å². The van der Waals surface area contributed by atoms with E-state index in [1.807, 2.05) is 25.2 Å². The molecule has 3 aliphatic rings. The lowest BCUT2D eigenvalue weighted by Gasteiger charge is -2.14. The van der Waals surface area contributed by atoms with Crippen LogP contribution in [-0.4, -0.2) is 34.6 Å². The van der Waals surface area contributed by atoms with Crippen molar-refractivity contribution in [3.8, 4) is 0 Å². The minimum absolute atomic E-state index is 0. The van der Waals surface area contributed by atoms with Crippen LogP contribution < -0.4 is 10.7 Å². The molecule has 6 nitrogen and oxygen atoms in total. The van der Waals surface area contributed by atoms with Crippen LogP contribution in [0.25, 0.3) is 16.2 Å². The predicted molar refractivity (Wildman–Crippen MR) is 135 cm³/mol. The molecule has 0 fully saturated rings. The molecule has 0 unspecified atom stereocenters. The van der Waals surface area contributed by atoms with Crippen LogP contribution >= 0.6 is 23.7 Å². The van der Waals surface area contributed by atoms with Crippen molar-refractivity contribution in [2.45, 2.75) is 26.4 Å². The third kappa shape index (κ3) is 4.31. The van der Waals surface area contributed by atoms with E-state index in [4.69, 9.17) is 0 Å². The number of aromatic amines is 1. The Labute approximate surface area is 201 Å². The van der Waals surface area contributed by atoms with Gasteiger partial charge in [0.05, 0.1) is 12.7 Å². The van der Waals surface area contributed by atoms with E-state index in [-0.39, 0.29) is 23.7 Å². The van der Waals surface area contributed by atoms with Crippen LogP contribution in [0.1, 0.15) is 27.1 Å². The fourth-order valence-corrected chi connectivity index (χ4v) is 5.58. The Balaban J connectivity index is 0.00000259. The Morgan fingerprint density at radius 3 is 2.91 bits per heavy atom. The number of carbonyl (C=O) groups is 1. The van der Waals surface area contributed by atoms with Gasteiger partial charge in [0.1, 0.15) is 5.35 Å². The summed E-state index contributed by atoms with van der Waals surface area (Å²) >= 11 is 1.73. The van der Waals surface area contributed by atoms with Crippen molar-refractivity contribution in [1.82, 2.24) is 20.4 Å². The smallest absolute Gasteiger partial charge is 0.246 e. The summed E-state index contributed by atoms with van der Waals surface area (Å²) in [5, 5.41) is 13.1. The number of thiophene rings is 1. The van der Waals surface area contributed by atoms with Gasteiger partial charge in [-0.1, -0.05) is 18.2 Å². The molecule has 0 saturated heterocycles. The van der Waals surface area contributed by atoms with Gasteiger partial charge in [-0.15, -0.1) is 23.7 Å². The maximum absolute atomic E-state index is 12.8. The molecule has 33 heavy (non-hydrogen) atoms. The van der Waals surface area contributed by atoms with E-state index in [2.05, 4.69) is 34.6 Å². The first-order valence-corrected chi connectivity index (χ1v) is 11.5. The highest BCUT2D eigenvalue weighted by Crippen LogP contribution is 2.31. The number of fused-ring (bicyclic) bond motifs is 3. The zero-order valence-electron chi connectivity index (χ0n) is 18.5. The number of hydrogen-bond acceptors (Lipinski definition) is 5. The van der Waals surface area contributed by atoms with Crippen molar-refractivity contribution >= 4 is 45.8 Å². The fraction of sp³-hybridized carbons (Fsp3) is 0.240. The first-order valence-electron chi connectivity index (χ1n) is 10.7. The quantitative estimate of drug-likeness (QED) is 0.436. The van der Waals surface area contributed by atoms with Crippen LogP contribution in [-0.2, 0) is 24.3 Å². The maximum atomic E-state index is 12.8. The van der Waals surface area contributed by atoms with Gasteiger partial charge in [0.2, 0.25) is 11.3 Å². The molecule has 1 amide bonds. The average molecular weight is 481 g/mol. The van der Waals surface area contributed by atoms with Gasteiger partial charge in [0.25, 0.3) is 0 Å². The molecule has 0 saturated carbocycles. The number of H-pyrrole nitrogens is 1. The van der Waals surface area contributed by atoms with Gasteiger partial charge in [-0.25, -0.2) is 0 Å². The molecule has 8 heteroatoms. The Morgan fingerprint density at radius 2 is 2.09 bits per heavy atom. The summed E-state index contributed by atoms with van der Waals surface area (Å²) < 4.78 is 1.24. The second kappa shape index (κ2) is 9.47. The zero-order chi connectivity index (χ0) is 22.2. The maximum Gasteiger partial charge on any atom is 0.246 e. The molecule has 2 aliphatic heterocycles. The number of benzene rings is 1. The molecule has 0 spiro atoms. The van der Waals surface area contributed by atoms with Crippen LogP contribution in [0.2, 0.25) is 0 Å². The Kier molecular flexibility index (Phi) is 6.65. The summed E-state index contributed by atoms with van der Waals surface area (Å²) in [5.41, 5.74) is 3.93. The van der Waals surface area contributed by atoms with Crippen LogP contribution in [0.5, 0.6) is 0 Å². The first-order chi connectivity index (χ1) is 15.5. The molecule has 5 rings (SSSR count). The Bertz CT molecular complexity index is 1490. The first kappa shape index (κ1) is 23.2. The zero-order valence-corrected chi connectivity index (χ0v) is 20.1. The van der Waals surface area contributed by atoms with Crippen LogP contribution in [0.15, 0.2) is 47.4 Å². The van der Waals surface area contributed by atoms with Gasteiger partial charge >= 0.3 is 0 Å². The largest absolute Gasteiger partial charge is 0.337 e. The van der Waals surface area contributed by atoms with Crippen molar-refractivity contribution in [2.24, 2.45) is 0 Å². The molecule has 1 aromatic carbocycles. The molecule has 2 aromatic rings. The lowest BCUT2D eigenvalue weighted by atomic mass is 10.1. The van der Waals surface area contributed by atoms with Gasteiger partial charge < -0.3 is 10.2 Å². The highest BCUT2D eigenvalue weighted by atomic mass is 35.5. The topological polar surface area (TPSA) is 78.1 Å². The second-order valence-corrected chi connectivity index (χ2v) is 9.33. The summed E-state index contributed by atoms with van der Waals surface area (Å²) in [6.45, 7) is 4.16. The minimum atomic E-state index is -0.0794. The number of nitrogens with one attached hydrogen (secondary N) is 2. The number of aryl methyl sites for hydroxylation is 1. The summed E-state index contributed by atoms with van der Waals surface area (Å²) in [7, 11) is 1.81.